The molecular weight excluding hydrogens is 769 g/mol. The molecule has 16 heteroatoms. The number of halogens is 8. The molecule has 236 valence electrons. The molecule has 46 heavy (non-hydrogen) atoms. The van der Waals surface area contributed by atoms with Crippen LogP contribution in [0, 0.1) is 46.5 Å². The Bertz CT molecular complexity index is 1690. The molecular formula is C30H12F8S8. The molecule has 6 rings (SSSR count). The largest absolute Gasteiger partial charge is 0.207 e. The summed E-state index contributed by atoms with van der Waals surface area (Å²) in [5.41, 5.74) is 0. The van der Waals surface area contributed by atoms with Crippen LogP contribution in [0.5, 0.6) is 0 Å². The van der Waals surface area contributed by atoms with Gasteiger partial charge in [0.25, 0.3) is 0 Å². The summed E-state index contributed by atoms with van der Waals surface area (Å²) < 4.78 is 117. The molecule has 0 atom stereocenters. The van der Waals surface area contributed by atoms with Gasteiger partial charge < -0.3 is 0 Å². The first kappa shape index (κ1) is 34.2. The highest BCUT2D eigenvalue weighted by Crippen LogP contribution is 2.68. The van der Waals surface area contributed by atoms with Crippen molar-refractivity contribution in [1.29, 1.82) is 0 Å². The lowest BCUT2D eigenvalue weighted by molar-refractivity contribution is 0.565. The number of hydrogen-bond donors (Lipinski definition) is 0. The van der Waals surface area contributed by atoms with Crippen molar-refractivity contribution in [3.63, 3.8) is 0 Å². The van der Waals surface area contributed by atoms with E-state index < -0.39 is 46.5 Å². The maximum absolute atomic E-state index is 14.6. The van der Waals surface area contributed by atoms with E-state index in [0.29, 0.717) is 25.4 Å². The van der Waals surface area contributed by atoms with Crippen LogP contribution in [0.1, 0.15) is 0 Å². The zero-order valence-electron chi connectivity index (χ0n) is 22.2. The molecule has 0 unspecified atom stereocenters. The van der Waals surface area contributed by atoms with E-state index in [0.717, 1.165) is 95.6 Å². The minimum Gasteiger partial charge on any atom is -0.207 e. The maximum atomic E-state index is 14.6. The maximum Gasteiger partial charge on any atom is 0.140 e. The van der Waals surface area contributed by atoms with E-state index in [1.54, 1.807) is 0 Å². The van der Waals surface area contributed by atoms with Crippen LogP contribution in [0.2, 0.25) is 0 Å². The van der Waals surface area contributed by atoms with Crippen LogP contribution >= 0.6 is 94.1 Å². The summed E-state index contributed by atoms with van der Waals surface area (Å²) in [5, 5.41) is 0. The van der Waals surface area contributed by atoms with Crippen molar-refractivity contribution < 1.29 is 35.1 Å². The SMILES string of the molecule is Fc1ccc(SC2=C(Sc3ccc(F)cc3F)SC(=C3SC(Sc4ccc(F)cc4F)=C(Sc4ccc(F)cc4F)S3)S2)c(F)c1. The molecule has 4 aromatic carbocycles. The lowest BCUT2D eigenvalue weighted by atomic mass is 10.3. The van der Waals surface area contributed by atoms with Crippen molar-refractivity contribution in [1.82, 2.24) is 0 Å². The average Bonchev–Trinajstić information content (AvgIpc) is 3.58. The molecule has 0 radical (unpaired) electrons. The molecule has 2 aliphatic heterocycles. The van der Waals surface area contributed by atoms with Gasteiger partial charge in [-0.15, -0.1) is 0 Å². The van der Waals surface area contributed by atoms with Crippen LogP contribution < -0.4 is 0 Å². The highest BCUT2D eigenvalue weighted by Gasteiger charge is 2.33. The van der Waals surface area contributed by atoms with Crippen molar-refractivity contribution in [3.8, 4) is 0 Å². The average molecular weight is 781 g/mol. The van der Waals surface area contributed by atoms with Crippen LogP contribution in [0.15, 0.2) is 118 Å². The van der Waals surface area contributed by atoms with Gasteiger partial charge in [0.2, 0.25) is 0 Å². The van der Waals surface area contributed by atoms with Crippen LogP contribution in [-0.4, -0.2) is 0 Å². The number of benzene rings is 4. The van der Waals surface area contributed by atoms with Gasteiger partial charge in [-0.05, 0) is 48.5 Å². The molecule has 0 saturated heterocycles. The van der Waals surface area contributed by atoms with E-state index in [2.05, 4.69) is 0 Å². The minimum absolute atomic E-state index is 0.129. The molecule has 0 bridgehead atoms. The van der Waals surface area contributed by atoms with Crippen molar-refractivity contribution in [3.05, 3.63) is 145 Å². The van der Waals surface area contributed by atoms with Gasteiger partial charge in [0, 0.05) is 43.8 Å². The fraction of sp³-hybridized carbons (Fsp3) is 0. The second-order valence-corrected chi connectivity index (χ2v) is 18.7. The molecule has 0 amide bonds. The predicted molar refractivity (Wildman–Crippen MR) is 180 cm³/mol. The molecule has 0 saturated carbocycles. The van der Waals surface area contributed by atoms with E-state index in [4.69, 9.17) is 0 Å². The molecule has 4 aromatic rings. The highest BCUT2D eigenvalue weighted by atomic mass is 32.3. The molecule has 0 N–H and O–H groups in total. The summed E-state index contributed by atoms with van der Waals surface area (Å²) in [6.07, 6.45) is 0. The highest BCUT2D eigenvalue weighted by molar-refractivity contribution is 8.45. The molecule has 2 heterocycles. The lowest BCUT2D eigenvalue weighted by Crippen LogP contribution is -1.85. The van der Waals surface area contributed by atoms with Gasteiger partial charge in [-0.3, -0.25) is 0 Å². The number of rotatable bonds is 8. The third-order valence-corrected chi connectivity index (χ3v) is 17.1. The molecule has 0 aromatic heterocycles. The Morgan fingerprint density at radius 2 is 0.543 bits per heavy atom. The first-order chi connectivity index (χ1) is 22.0. The van der Waals surface area contributed by atoms with Gasteiger partial charge >= 0.3 is 0 Å². The van der Waals surface area contributed by atoms with Crippen LogP contribution in [0.4, 0.5) is 35.1 Å². The van der Waals surface area contributed by atoms with Gasteiger partial charge in [0.15, 0.2) is 0 Å². The van der Waals surface area contributed by atoms with Crippen molar-refractivity contribution in [2.45, 2.75) is 19.6 Å². The number of hydrogen-bond acceptors (Lipinski definition) is 8. The molecule has 2 aliphatic rings. The molecule has 0 spiro atoms. The Labute approximate surface area is 291 Å². The fourth-order valence-corrected chi connectivity index (χ4v) is 14.9. The summed E-state index contributed by atoms with van der Waals surface area (Å²) in [6, 6.07) is 12.6. The van der Waals surface area contributed by atoms with E-state index in [1.807, 2.05) is 0 Å². The Morgan fingerprint density at radius 3 is 0.739 bits per heavy atom. The lowest BCUT2D eigenvalue weighted by Gasteiger charge is -2.07. The monoisotopic (exact) mass is 780 g/mol. The van der Waals surface area contributed by atoms with Crippen molar-refractivity contribution >= 4 is 94.1 Å². The first-order valence-electron chi connectivity index (χ1n) is 12.5. The van der Waals surface area contributed by atoms with Gasteiger partial charge in [-0.2, -0.15) is 0 Å². The Morgan fingerprint density at radius 1 is 0.326 bits per heavy atom. The molecule has 0 nitrogen and oxygen atoms in total. The Hall–Kier alpha value is -1.66. The van der Waals surface area contributed by atoms with Gasteiger partial charge in [-0.1, -0.05) is 94.1 Å². The van der Waals surface area contributed by atoms with Gasteiger partial charge in [0.1, 0.15) is 46.5 Å². The summed E-state index contributed by atoms with van der Waals surface area (Å²) in [5.74, 6) is -6.12. The van der Waals surface area contributed by atoms with Crippen molar-refractivity contribution in [2.24, 2.45) is 0 Å². The second kappa shape index (κ2) is 14.8. The van der Waals surface area contributed by atoms with Crippen LogP contribution in [0.3, 0.4) is 0 Å². The third-order valence-electron chi connectivity index (χ3n) is 5.63. The summed E-state index contributed by atoms with van der Waals surface area (Å²) >= 11 is 9.07. The smallest absolute Gasteiger partial charge is 0.140 e. The zero-order valence-corrected chi connectivity index (χ0v) is 28.7. The minimum atomic E-state index is -0.784. The molecule has 0 fully saturated rings. The normalized spacial score (nSPS) is 15.1. The Kier molecular flexibility index (Phi) is 11.0. The quantitative estimate of drug-likeness (QED) is 0.160. The van der Waals surface area contributed by atoms with Crippen LogP contribution in [0.25, 0.3) is 0 Å². The molecule has 0 aliphatic carbocycles. The topological polar surface area (TPSA) is 0 Å². The zero-order chi connectivity index (χ0) is 32.5. The number of thioether (sulfide) groups is 8. The van der Waals surface area contributed by atoms with Crippen LogP contribution in [-0.2, 0) is 0 Å². The summed E-state index contributed by atoms with van der Waals surface area (Å²) in [4.78, 5) is 0.516. The standard InChI is InChI=1S/C30H12F8S8/c31-13-1-5-21(17(35)9-13)39-25-26(40-22-6-2-14(32)10-18(22)36)44-29(43-25)30-45-27(41-23-7-3-15(33)11-19(23)37)28(46-30)42-24-8-4-16(34)12-20(24)38/h1-12H. The Balaban J connectivity index is 1.34. The summed E-state index contributed by atoms with van der Waals surface area (Å²) in [6.45, 7) is 0. The fourth-order valence-electron chi connectivity index (χ4n) is 3.59. The first-order valence-corrected chi connectivity index (χ1v) is 19.0. The second-order valence-electron chi connectivity index (χ2n) is 8.84. The van der Waals surface area contributed by atoms with Gasteiger partial charge in [0.05, 0.1) is 25.4 Å². The third kappa shape index (κ3) is 8.13. The predicted octanol–water partition coefficient (Wildman–Crippen LogP) is 13.6. The van der Waals surface area contributed by atoms with Gasteiger partial charge in [-0.25, -0.2) is 35.1 Å². The van der Waals surface area contributed by atoms with E-state index >= 15 is 0 Å². The van der Waals surface area contributed by atoms with Crippen molar-refractivity contribution in [2.75, 3.05) is 0 Å². The van der Waals surface area contributed by atoms with E-state index in [9.17, 15) is 35.1 Å². The van der Waals surface area contributed by atoms with E-state index in [-0.39, 0.29) is 19.6 Å². The van der Waals surface area contributed by atoms with E-state index in [1.165, 1.54) is 71.3 Å². The summed E-state index contributed by atoms with van der Waals surface area (Å²) in [7, 11) is 0.